The molecule has 3 nitrogen and oxygen atoms in total. The SMILES string of the molecule is CCCCCC(c1ccccn1)c1ccccc1-c1ccc2c(c1)Oc1ccccc1O2. The molecule has 0 spiro atoms. The molecule has 5 rings (SSSR count). The van der Waals surface area contributed by atoms with Gasteiger partial charge in [-0.25, -0.2) is 0 Å². The fraction of sp³-hybridized carbons (Fsp3) is 0.207. The lowest BCUT2D eigenvalue weighted by Crippen LogP contribution is -2.06. The first kappa shape index (κ1) is 20.3. The number of fused-ring (bicyclic) bond motifs is 2. The lowest BCUT2D eigenvalue weighted by Gasteiger charge is -2.23. The Hall–Kier alpha value is -3.59. The van der Waals surface area contributed by atoms with Crippen molar-refractivity contribution in [2.24, 2.45) is 0 Å². The Morgan fingerprint density at radius 1 is 0.719 bits per heavy atom. The third-order valence-electron chi connectivity index (χ3n) is 6.02. The predicted molar refractivity (Wildman–Crippen MR) is 129 cm³/mol. The molecule has 3 heteroatoms. The van der Waals surface area contributed by atoms with Crippen molar-refractivity contribution in [3.63, 3.8) is 0 Å². The number of benzene rings is 3. The first-order chi connectivity index (χ1) is 15.8. The maximum atomic E-state index is 6.17. The quantitative estimate of drug-likeness (QED) is 0.247. The summed E-state index contributed by atoms with van der Waals surface area (Å²) in [6.07, 6.45) is 6.60. The molecule has 0 fully saturated rings. The van der Waals surface area contributed by atoms with E-state index in [9.17, 15) is 0 Å². The summed E-state index contributed by atoms with van der Waals surface area (Å²) in [6.45, 7) is 2.25. The Morgan fingerprint density at radius 3 is 2.22 bits per heavy atom. The summed E-state index contributed by atoms with van der Waals surface area (Å²) in [7, 11) is 0. The maximum Gasteiger partial charge on any atom is 0.170 e. The minimum atomic E-state index is 0.257. The van der Waals surface area contributed by atoms with E-state index in [0.29, 0.717) is 0 Å². The van der Waals surface area contributed by atoms with Crippen molar-refractivity contribution < 1.29 is 9.47 Å². The number of rotatable bonds is 7. The summed E-state index contributed by atoms with van der Waals surface area (Å²) >= 11 is 0. The molecule has 0 bridgehead atoms. The molecule has 0 saturated heterocycles. The Bertz CT molecular complexity index is 1200. The molecule has 1 atom stereocenters. The Morgan fingerprint density at radius 2 is 1.44 bits per heavy atom. The summed E-state index contributed by atoms with van der Waals surface area (Å²) in [5, 5.41) is 0. The highest BCUT2D eigenvalue weighted by molar-refractivity contribution is 5.72. The lowest BCUT2D eigenvalue weighted by atomic mass is 9.85. The van der Waals surface area contributed by atoms with Crippen LogP contribution < -0.4 is 9.47 Å². The van der Waals surface area contributed by atoms with Crippen molar-refractivity contribution in [1.82, 2.24) is 4.98 Å². The van der Waals surface area contributed by atoms with Crippen molar-refractivity contribution in [2.75, 3.05) is 0 Å². The summed E-state index contributed by atoms with van der Waals surface area (Å²) < 4.78 is 12.2. The monoisotopic (exact) mass is 421 g/mol. The van der Waals surface area contributed by atoms with Crippen molar-refractivity contribution in [3.8, 4) is 34.1 Å². The molecule has 0 radical (unpaired) electrons. The second-order valence-electron chi connectivity index (χ2n) is 8.20. The third kappa shape index (κ3) is 4.11. The van der Waals surface area contributed by atoms with E-state index < -0.39 is 0 Å². The van der Waals surface area contributed by atoms with Crippen LogP contribution in [0.2, 0.25) is 0 Å². The number of hydrogen-bond donors (Lipinski definition) is 0. The fourth-order valence-electron chi connectivity index (χ4n) is 4.40. The number of pyridine rings is 1. The van der Waals surface area contributed by atoms with Gasteiger partial charge in [0.05, 0.1) is 0 Å². The number of para-hydroxylation sites is 2. The molecule has 0 saturated carbocycles. The van der Waals surface area contributed by atoms with Gasteiger partial charge in [-0.2, -0.15) is 0 Å². The van der Waals surface area contributed by atoms with Crippen LogP contribution in [0.15, 0.2) is 91.1 Å². The minimum absolute atomic E-state index is 0.257. The average Bonchev–Trinajstić information content (AvgIpc) is 2.86. The molecule has 1 aromatic heterocycles. The standard InChI is InChI=1S/C29H27NO2/c1-2-3-4-13-24(25-14-9-10-19-30-25)23-12-6-5-11-22(23)21-17-18-28-29(20-21)32-27-16-8-7-15-26(27)31-28/h5-12,14-20,24H,2-4,13H2,1H3. The smallest absolute Gasteiger partial charge is 0.170 e. The molecular weight excluding hydrogens is 394 g/mol. The first-order valence-corrected chi connectivity index (χ1v) is 11.4. The topological polar surface area (TPSA) is 31.4 Å². The maximum absolute atomic E-state index is 6.17. The Kier molecular flexibility index (Phi) is 5.89. The fourth-order valence-corrected chi connectivity index (χ4v) is 4.40. The Labute approximate surface area is 189 Å². The third-order valence-corrected chi connectivity index (χ3v) is 6.02. The summed E-state index contributed by atoms with van der Waals surface area (Å²) in [5.41, 5.74) is 4.77. The van der Waals surface area contributed by atoms with Crippen molar-refractivity contribution in [3.05, 3.63) is 102 Å². The minimum Gasteiger partial charge on any atom is -0.450 e. The molecule has 1 unspecified atom stereocenters. The highest BCUT2D eigenvalue weighted by atomic mass is 16.6. The van der Waals surface area contributed by atoms with E-state index in [1.54, 1.807) is 0 Å². The van der Waals surface area contributed by atoms with Crippen molar-refractivity contribution in [1.29, 1.82) is 0 Å². The van der Waals surface area contributed by atoms with E-state index in [2.05, 4.69) is 55.5 Å². The number of unbranched alkanes of at least 4 members (excludes halogenated alkanes) is 2. The van der Waals surface area contributed by atoms with Crippen LogP contribution in [0.3, 0.4) is 0 Å². The van der Waals surface area contributed by atoms with Gasteiger partial charge in [0.15, 0.2) is 23.0 Å². The van der Waals surface area contributed by atoms with Crippen molar-refractivity contribution >= 4 is 0 Å². The summed E-state index contributed by atoms with van der Waals surface area (Å²) in [4.78, 5) is 4.72. The van der Waals surface area contributed by atoms with E-state index in [1.807, 2.05) is 42.6 Å². The van der Waals surface area contributed by atoms with Crippen molar-refractivity contribution in [2.45, 2.75) is 38.5 Å². The molecule has 32 heavy (non-hydrogen) atoms. The largest absolute Gasteiger partial charge is 0.450 e. The molecule has 2 heterocycles. The molecule has 0 N–H and O–H groups in total. The molecular formula is C29H27NO2. The van der Waals surface area contributed by atoms with Gasteiger partial charge >= 0.3 is 0 Å². The van der Waals surface area contributed by atoms with Crippen LogP contribution in [0.5, 0.6) is 23.0 Å². The predicted octanol–water partition coefficient (Wildman–Crippen LogP) is 8.36. The molecule has 0 aliphatic carbocycles. The van der Waals surface area contributed by atoms with Gasteiger partial charge < -0.3 is 9.47 Å². The first-order valence-electron chi connectivity index (χ1n) is 11.4. The summed E-state index contributed by atoms with van der Waals surface area (Å²) in [6, 6.07) is 28.9. The number of hydrogen-bond acceptors (Lipinski definition) is 3. The van der Waals surface area contributed by atoms with E-state index in [-0.39, 0.29) is 5.92 Å². The van der Waals surface area contributed by atoms with Crippen LogP contribution >= 0.6 is 0 Å². The average molecular weight is 422 g/mol. The summed E-state index contributed by atoms with van der Waals surface area (Å²) in [5.74, 6) is 3.24. The van der Waals surface area contributed by atoms with E-state index in [4.69, 9.17) is 14.5 Å². The zero-order valence-corrected chi connectivity index (χ0v) is 18.3. The van der Waals surface area contributed by atoms with E-state index in [0.717, 1.165) is 40.7 Å². The highest BCUT2D eigenvalue weighted by Gasteiger charge is 2.22. The zero-order valence-electron chi connectivity index (χ0n) is 18.3. The van der Waals surface area contributed by atoms with Gasteiger partial charge in [-0.1, -0.05) is 74.7 Å². The molecule has 1 aliphatic rings. The number of aromatic nitrogens is 1. The molecule has 4 aromatic rings. The number of ether oxygens (including phenoxy) is 2. The van der Waals surface area contributed by atoms with Gasteiger partial charge in [0.1, 0.15) is 0 Å². The molecule has 160 valence electrons. The van der Waals surface area contributed by atoms with Gasteiger partial charge in [0.2, 0.25) is 0 Å². The second-order valence-corrected chi connectivity index (χ2v) is 8.20. The second kappa shape index (κ2) is 9.27. The van der Waals surface area contributed by atoms with Gasteiger partial charge in [0.25, 0.3) is 0 Å². The van der Waals surface area contributed by atoms with Gasteiger partial charge in [-0.05, 0) is 59.5 Å². The molecule has 3 aromatic carbocycles. The van der Waals surface area contributed by atoms with Crippen LogP contribution in [0.25, 0.3) is 11.1 Å². The number of nitrogens with zero attached hydrogens (tertiary/aromatic N) is 1. The van der Waals surface area contributed by atoms with Crippen LogP contribution in [0.4, 0.5) is 0 Å². The lowest BCUT2D eigenvalue weighted by molar-refractivity contribution is 0.360. The van der Waals surface area contributed by atoms with Crippen LogP contribution in [-0.4, -0.2) is 4.98 Å². The normalized spacial score (nSPS) is 12.8. The van der Waals surface area contributed by atoms with Crippen LogP contribution in [0.1, 0.15) is 49.8 Å². The van der Waals surface area contributed by atoms with Gasteiger partial charge in [-0.3, -0.25) is 4.98 Å². The van der Waals surface area contributed by atoms with Gasteiger partial charge in [0, 0.05) is 17.8 Å². The Balaban J connectivity index is 1.53. The van der Waals surface area contributed by atoms with Crippen LogP contribution in [-0.2, 0) is 0 Å². The highest BCUT2D eigenvalue weighted by Crippen LogP contribution is 2.47. The van der Waals surface area contributed by atoms with E-state index in [1.165, 1.54) is 30.4 Å². The molecule has 1 aliphatic heterocycles. The van der Waals surface area contributed by atoms with E-state index >= 15 is 0 Å². The zero-order chi connectivity index (χ0) is 21.8. The molecule has 0 amide bonds. The van der Waals surface area contributed by atoms with Gasteiger partial charge in [-0.15, -0.1) is 0 Å². The van der Waals surface area contributed by atoms with Crippen LogP contribution in [0, 0.1) is 0 Å².